The molecule has 3 aromatic rings. The molecule has 10 nitrogen and oxygen atoms in total. The predicted molar refractivity (Wildman–Crippen MR) is 109 cm³/mol. The molecule has 32 heavy (non-hydrogen) atoms. The zero-order valence-corrected chi connectivity index (χ0v) is 17.8. The van der Waals surface area contributed by atoms with E-state index in [0.717, 1.165) is 0 Å². The van der Waals surface area contributed by atoms with Gasteiger partial charge in [-0.05, 0) is 25.8 Å². The van der Waals surface area contributed by atoms with Gasteiger partial charge in [0.15, 0.2) is 0 Å². The van der Waals surface area contributed by atoms with E-state index < -0.39 is 5.92 Å². The second kappa shape index (κ2) is 8.60. The maximum atomic E-state index is 12.9. The summed E-state index contributed by atoms with van der Waals surface area (Å²) in [6.45, 7) is 4.18. The number of imidazole rings is 1. The minimum Gasteiger partial charge on any atom is -0.350 e. The fourth-order valence-corrected chi connectivity index (χ4v) is 3.63. The standard InChI is InChI=1S/C20H24F2N8O2/c1-12(2)30-17(25-11-26-30)18(32)24-9-15-10-29-4-3-14(27-19(29)28-15)8-23-16(31)5-13-6-20(21,22)7-13/h3-4,10-13H,5-9H2,1-2H3,(H,23,31)(H,24,32). The SMILES string of the molecule is CC(C)n1ncnc1C(=O)NCc1cn2ccc(CNC(=O)CC3CC(F)(F)C3)nc2n1. The number of nitrogens with zero attached hydrogens (tertiary/aromatic N) is 6. The molecule has 4 rings (SSSR count). The zero-order chi connectivity index (χ0) is 22.9. The molecule has 0 atom stereocenters. The lowest BCUT2D eigenvalue weighted by Crippen LogP contribution is -2.38. The second-order valence-corrected chi connectivity index (χ2v) is 8.27. The van der Waals surface area contributed by atoms with Crippen molar-refractivity contribution >= 4 is 17.6 Å². The predicted octanol–water partition coefficient (Wildman–Crippen LogP) is 1.88. The van der Waals surface area contributed by atoms with E-state index >= 15 is 0 Å². The van der Waals surface area contributed by atoms with Crippen LogP contribution in [0.2, 0.25) is 0 Å². The molecule has 3 heterocycles. The van der Waals surface area contributed by atoms with Gasteiger partial charge in [-0.1, -0.05) is 0 Å². The van der Waals surface area contributed by atoms with Gasteiger partial charge in [0.25, 0.3) is 5.91 Å². The molecule has 2 N–H and O–H groups in total. The first kappa shape index (κ1) is 21.8. The molecule has 0 bridgehead atoms. The number of hydrogen-bond acceptors (Lipinski definition) is 6. The number of aromatic nitrogens is 6. The van der Waals surface area contributed by atoms with Gasteiger partial charge < -0.3 is 10.6 Å². The first-order chi connectivity index (χ1) is 15.2. The smallest absolute Gasteiger partial charge is 0.289 e. The summed E-state index contributed by atoms with van der Waals surface area (Å²) >= 11 is 0. The number of carbonyl (C=O) groups excluding carboxylic acids is 2. The van der Waals surface area contributed by atoms with E-state index in [1.807, 2.05) is 13.8 Å². The third-order valence-corrected chi connectivity index (χ3v) is 5.24. The van der Waals surface area contributed by atoms with Crippen LogP contribution in [-0.2, 0) is 17.9 Å². The van der Waals surface area contributed by atoms with E-state index in [9.17, 15) is 18.4 Å². The van der Waals surface area contributed by atoms with Gasteiger partial charge in [0, 0.05) is 37.7 Å². The van der Waals surface area contributed by atoms with Gasteiger partial charge in [0.05, 0.1) is 24.5 Å². The van der Waals surface area contributed by atoms with E-state index in [1.54, 1.807) is 22.9 Å². The minimum atomic E-state index is -2.62. The molecule has 170 valence electrons. The van der Waals surface area contributed by atoms with Crippen molar-refractivity contribution < 1.29 is 18.4 Å². The van der Waals surface area contributed by atoms with Gasteiger partial charge in [0.2, 0.25) is 23.4 Å². The summed E-state index contributed by atoms with van der Waals surface area (Å²) in [5.41, 5.74) is 1.20. The number of fused-ring (bicyclic) bond motifs is 1. The number of amides is 2. The van der Waals surface area contributed by atoms with E-state index in [0.29, 0.717) is 17.2 Å². The molecular weight excluding hydrogens is 422 g/mol. The summed E-state index contributed by atoms with van der Waals surface area (Å²) in [5.74, 6) is -2.86. The molecule has 0 spiro atoms. The van der Waals surface area contributed by atoms with Gasteiger partial charge in [-0.2, -0.15) is 5.10 Å². The van der Waals surface area contributed by atoms with Crippen molar-refractivity contribution in [1.82, 2.24) is 39.8 Å². The van der Waals surface area contributed by atoms with Crippen LogP contribution in [0.3, 0.4) is 0 Å². The van der Waals surface area contributed by atoms with Crippen LogP contribution in [0.25, 0.3) is 5.78 Å². The van der Waals surface area contributed by atoms with Gasteiger partial charge in [-0.15, -0.1) is 0 Å². The number of nitrogens with one attached hydrogen (secondary N) is 2. The maximum absolute atomic E-state index is 12.9. The fourth-order valence-electron chi connectivity index (χ4n) is 3.63. The molecule has 1 saturated carbocycles. The van der Waals surface area contributed by atoms with E-state index in [-0.39, 0.29) is 62.0 Å². The third-order valence-electron chi connectivity index (χ3n) is 5.24. The summed E-state index contributed by atoms with van der Waals surface area (Å²) in [5, 5.41) is 9.53. The molecule has 0 unspecified atom stereocenters. The average Bonchev–Trinajstić information content (AvgIpc) is 3.35. The Morgan fingerprint density at radius 2 is 1.91 bits per heavy atom. The average molecular weight is 446 g/mol. The molecule has 1 fully saturated rings. The molecule has 0 aromatic carbocycles. The number of hydrogen-bond donors (Lipinski definition) is 2. The highest BCUT2D eigenvalue weighted by Gasteiger charge is 2.45. The maximum Gasteiger partial charge on any atom is 0.289 e. The van der Waals surface area contributed by atoms with Crippen LogP contribution in [-0.4, -0.2) is 46.9 Å². The Morgan fingerprint density at radius 3 is 2.62 bits per heavy atom. The molecule has 3 aromatic heterocycles. The number of rotatable bonds is 8. The Labute approximate surface area is 182 Å². The van der Waals surface area contributed by atoms with Crippen molar-refractivity contribution in [2.75, 3.05) is 0 Å². The molecule has 2 amide bonds. The molecule has 0 aliphatic heterocycles. The molecule has 1 aliphatic carbocycles. The number of halogens is 2. The van der Waals surface area contributed by atoms with Crippen molar-refractivity contribution in [3.63, 3.8) is 0 Å². The van der Waals surface area contributed by atoms with Crippen LogP contribution < -0.4 is 10.6 Å². The fraction of sp³-hybridized carbons (Fsp3) is 0.500. The first-order valence-electron chi connectivity index (χ1n) is 10.4. The topological polar surface area (TPSA) is 119 Å². The lowest BCUT2D eigenvalue weighted by molar-refractivity contribution is -0.133. The van der Waals surface area contributed by atoms with Gasteiger partial charge in [0.1, 0.15) is 6.33 Å². The van der Waals surface area contributed by atoms with Gasteiger partial charge in [-0.3, -0.25) is 14.0 Å². The van der Waals surface area contributed by atoms with Crippen LogP contribution in [0.15, 0.2) is 24.8 Å². The minimum absolute atomic E-state index is 0.00576. The van der Waals surface area contributed by atoms with E-state index in [4.69, 9.17) is 0 Å². The summed E-state index contributed by atoms with van der Waals surface area (Å²) in [6, 6.07) is 1.74. The van der Waals surface area contributed by atoms with E-state index in [1.165, 1.54) is 11.0 Å². The Bertz CT molecular complexity index is 1130. The van der Waals surface area contributed by atoms with Crippen LogP contribution in [0.1, 0.15) is 61.2 Å². The quantitative estimate of drug-likeness (QED) is 0.545. The molecule has 1 aliphatic rings. The Hall–Kier alpha value is -3.44. The highest BCUT2D eigenvalue weighted by Crippen LogP contribution is 2.43. The Kier molecular flexibility index (Phi) is 5.85. The summed E-state index contributed by atoms with van der Waals surface area (Å²) in [7, 11) is 0. The molecule has 0 radical (unpaired) electrons. The van der Waals surface area contributed by atoms with Crippen molar-refractivity contribution in [3.8, 4) is 0 Å². The van der Waals surface area contributed by atoms with Crippen molar-refractivity contribution in [2.24, 2.45) is 5.92 Å². The van der Waals surface area contributed by atoms with Crippen LogP contribution in [0, 0.1) is 5.92 Å². The van der Waals surface area contributed by atoms with Crippen LogP contribution >= 0.6 is 0 Å². The zero-order valence-electron chi connectivity index (χ0n) is 17.8. The Morgan fingerprint density at radius 1 is 1.19 bits per heavy atom. The van der Waals surface area contributed by atoms with E-state index in [2.05, 4.69) is 30.7 Å². The van der Waals surface area contributed by atoms with Crippen molar-refractivity contribution in [1.29, 1.82) is 0 Å². The normalized spacial score (nSPS) is 15.7. The highest BCUT2D eigenvalue weighted by molar-refractivity contribution is 5.90. The lowest BCUT2D eigenvalue weighted by Gasteiger charge is -2.34. The van der Waals surface area contributed by atoms with Crippen molar-refractivity contribution in [2.45, 2.75) is 58.2 Å². The number of alkyl halides is 2. The van der Waals surface area contributed by atoms with Gasteiger partial charge in [-0.25, -0.2) is 28.4 Å². The summed E-state index contributed by atoms with van der Waals surface area (Å²) < 4.78 is 29.0. The third kappa shape index (κ3) is 4.89. The monoisotopic (exact) mass is 446 g/mol. The van der Waals surface area contributed by atoms with Gasteiger partial charge >= 0.3 is 0 Å². The van der Waals surface area contributed by atoms with Crippen LogP contribution in [0.4, 0.5) is 8.78 Å². The van der Waals surface area contributed by atoms with Crippen molar-refractivity contribution in [3.05, 3.63) is 42.0 Å². The summed E-state index contributed by atoms with van der Waals surface area (Å²) in [6.07, 6.45) is 4.47. The Balaban J connectivity index is 1.31. The molecule has 12 heteroatoms. The summed E-state index contributed by atoms with van der Waals surface area (Å²) in [4.78, 5) is 37.1. The first-order valence-corrected chi connectivity index (χ1v) is 10.4. The largest absolute Gasteiger partial charge is 0.350 e. The molecular formula is C20H24F2N8O2. The van der Waals surface area contributed by atoms with Crippen LogP contribution in [0.5, 0.6) is 0 Å². The highest BCUT2D eigenvalue weighted by atomic mass is 19.3. The number of carbonyl (C=O) groups is 2. The lowest BCUT2D eigenvalue weighted by atomic mass is 9.79. The second-order valence-electron chi connectivity index (χ2n) is 8.27. The molecule has 0 saturated heterocycles.